The van der Waals surface area contributed by atoms with Gasteiger partial charge in [0.15, 0.2) is 0 Å². The zero-order valence-corrected chi connectivity index (χ0v) is 13.3. The van der Waals surface area contributed by atoms with Gasteiger partial charge in [0.1, 0.15) is 11.5 Å². The minimum Gasteiger partial charge on any atom is -0.508 e. The summed E-state index contributed by atoms with van der Waals surface area (Å²) in [5.41, 5.74) is 0.896. The predicted molar refractivity (Wildman–Crippen MR) is 86.0 cm³/mol. The molecule has 1 aromatic carbocycles. The minimum absolute atomic E-state index is 0.126. The van der Waals surface area contributed by atoms with E-state index in [1.54, 1.807) is 19.2 Å². The van der Waals surface area contributed by atoms with Crippen molar-refractivity contribution < 1.29 is 9.84 Å². The van der Waals surface area contributed by atoms with E-state index >= 15 is 0 Å². The lowest BCUT2D eigenvalue weighted by Crippen LogP contribution is -2.32. The van der Waals surface area contributed by atoms with Crippen LogP contribution in [0.25, 0.3) is 0 Å². The average Bonchev–Trinajstić information content (AvgIpc) is 2.53. The number of hydrogen-bond donors (Lipinski definition) is 2. The van der Waals surface area contributed by atoms with Gasteiger partial charge in [0.2, 0.25) is 0 Å². The van der Waals surface area contributed by atoms with Gasteiger partial charge in [-0.05, 0) is 70.6 Å². The topological polar surface area (TPSA) is 44.7 Å². The second-order valence-corrected chi connectivity index (χ2v) is 5.86. The molecule has 0 radical (unpaired) electrons. The summed E-state index contributed by atoms with van der Waals surface area (Å²) in [6.45, 7) is 6.73. The molecule has 0 aliphatic carbocycles. The Morgan fingerprint density at radius 1 is 1.29 bits per heavy atom. The van der Waals surface area contributed by atoms with E-state index < -0.39 is 0 Å². The molecule has 118 valence electrons. The summed E-state index contributed by atoms with van der Waals surface area (Å²) in [6.07, 6.45) is 5.24. The summed E-state index contributed by atoms with van der Waals surface area (Å²) in [7, 11) is 1.65. The number of nitrogens with one attached hydrogen (secondary N) is 1. The normalized spacial score (nSPS) is 17.6. The number of benzene rings is 1. The number of rotatable bonds is 7. The number of phenols is 1. The molecule has 4 nitrogen and oxygen atoms in total. The molecule has 1 heterocycles. The van der Waals surface area contributed by atoms with Crippen molar-refractivity contribution in [2.24, 2.45) is 0 Å². The van der Waals surface area contributed by atoms with Gasteiger partial charge in [0, 0.05) is 11.6 Å². The zero-order chi connectivity index (χ0) is 15.1. The molecule has 1 aromatic rings. The molecule has 1 unspecified atom stereocenters. The van der Waals surface area contributed by atoms with Crippen LogP contribution in [0.2, 0.25) is 0 Å². The lowest BCUT2D eigenvalue weighted by atomic mass is 10.1. The van der Waals surface area contributed by atoms with Crippen molar-refractivity contribution >= 4 is 0 Å². The first-order valence-electron chi connectivity index (χ1n) is 8.03. The number of piperidine rings is 1. The van der Waals surface area contributed by atoms with Gasteiger partial charge in [-0.3, -0.25) is 0 Å². The van der Waals surface area contributed by atoms with Gasteiger partial charge in [-0.1, -0.05) is 6.42 Å². The van der Waals surface area contributed by atoms with Crippen molar-refractivity contribution in [3.8, 4) is 11.5 Å². The van der Waals surface area contributed by atoms with E-state index in [9.17, 15) is 5.11 Å². The lowest BCUT2D eigenvalue weighted by Gasteiger charge is -2.26. The van der Waals surface area contributed by atoms with Gasteiger partial charge in [0.25, 0.3) is 0 Å². The third-order valence-corrected chi connectivity index (χ3v) is 4.25. The predicted octanol–water partition coefficient (Wildman–Crippen LogP) is 2.93. The summed E-state index contributed by atoms with van der Waals surface area (Å²) >= 11 is 0. The Balaban J connectivity index is 1.74. The van der Waals surface area contributed by atoms with Crippen molar-refractivity contribution in [3.63, 3.8) is 0 Å². The van der Waals surface area contributed by atoms with E-state index in [1.807, 2.05) is 6.07 Å². The SMILES string of the molecule is COc1ccc(O)c(C(C)NCCCN2CCCCC2)c1. The fourth-order valence-electron chi connectivity index (χ4n) is 2.92. The monoisotopic (exact) mass is 292 g/mol. The maximum absolute atomic E-state index is 9.96. The first-order chi connectivity index (χ1) is 10.2. The third kappa shape index (κ3) is 4.90. The van der Waals surface area contributed by atoms with Crippen LogP contribution in [0.4, 0.5) is 0 Å². The number of hydrogen-bond acceptors (Lipinski definition) is 4. The third-order valence-electron chi connectivity index (χ3n) is 4.25. The summed E-state index contributed by atoms with van der Waals surface area (Å²) in [5.74, 6) is 1.11. The fraction of sp³-hybridized carbons (Fsp3) is 0.647. The first-order valence-corrected chi connectivity index (χ1v) is 8.03. The van der Waals surface area contributed by atoms with Gasteiger partial charge in [-0.2, -0.15) is 0 Å². The first kappa shape index (κ1) is 16.1. The van der Waals surface area contributed by atoms with Crippen LogP contribution in [0.15, 0.2) is 18.2 Å². The van der Waals surface area contributed by atoms with Crippen LogP contribution in [0.1, 0.15) is 44.2 Å². The molecular formula is C17H28N2O2. The van der Waals surface area contributed by atoms with E-state index in [2.05, 4.69) is 17.1 Å². The number of aromatic hydroxyl groups is 1. The molecule has 2 N–H and O–H groups in total. The van der Waals surface area contributed by atoms with Crippen LogP contribution in [-0.4, -0.2) is 43.3 Å². The highest BCUT2D eigenvalue weighted by Gasteiger charge is 2.12. The maximum Gasteiger partial charge on any atom is 0.120 e. The second-order valence-electron chi connectivity index (χ2n) is 5.86. The number of ether oxygens (including phenoxy) is 1. The molecule has 0 bridgehead atoms. The second kappa shape index (κ2) is 8.25. The van der Waals surface area contributed by atoms with Crippen LogP contribution >= 0.6 is 0 Å². The van der Waals surface area contributed by atoms with Gasteiger partial charge in [-0.25, -0.2) is 0 Å². The number of likely N-dealkylation sites (tertiary alicyclic amines) is 1. The molecule has 1 aliphatic rings. The molecular weight excluding hydrogens is 264 g/mol. The van der Waals surface area contributed by atoms with Gasteiger partial charge < -0.3 is 20.1 Å². The van der Waals surface area contributed by atoms with Crippen LogP contribution in [0, 0.1) is 0 Å². The Kier molecular flexibility index (Phi) is 6.33. The highest BCUT2D eigenvalue weighted by Crippen LogP contribution is 2.28. The number of phenolic OH excluding ortho intramolecular Hbond substituents is 1. The molecule has 2 rings (SSSR count). The lowest BCUT2D eigenvalue weighted by molar-refractivity contribution is 0.225. The van der Waals surface area contributed by atoms with Gasteiger partial charge >= 0.3 is 0 Å². The van der Waals surface area contributed by atoms with Gasteiger partial charge in [-0.15, -0.1) is 0 Å². The zero-order valence-electron chi connectivity index (χ0n) is 13.3. The van der Waals surface area contributed by atoms with Crippen molar-refractivity contribution in [2.45, 2.75) is 38.6 Å². The largest absolute Gasteiger partial charge is 0.508 e. The van der Waals surface area contributed by atoms with Crippen LogP contribution in [-0.2, 0) is 0 Å². The molecule has 1 atom stereocenters. The van der Waals surface area contributed by atoms with Crippen LogP contribution in [0.5, 0.6) is 11.5 Å². The van der Waals surface area contributed by atoms with E-state index in [0.717, 1.165) is 24.3 Å². The Morgan fingerprint density at radius 2 is 2.05 bits per heavy atom. The Morgan fingerprint density at radius 3 is 2.76 bits per heavy atom. The molecule has 1 aliphatic heterocycles. The molecule has 0 amide bonds. The number of methoxy groups -OCH3 is 1. The Bertz CT molecular complexity index is 431. The molecule has 4 heteroatoms. The Labute approximate surface area is 128 Å². The average molecular weight is 292 g/mol. The Hall–Kier alpha value is -1.26. The van der Waals surface area contributed by atoms with Crippen molar-refractivity contribution in [3.05, 3.63) is 23.8 Å². The van der Waals surface area contributed by atoms with Gasteiger partial charge in [0.05, 0.1) is 7.11 Å². The quantitative estimate of drug-likeness (QED) is 0.759. The van der Waals surface area contributed by atoms with Crippen LogP contribution < -0.4 is 10.1 Å². The van der Waals surface area contributed by atoms with E-state index in [-0.39, 0.29) is 6.04 Å². The maximum atomic E-state index is 9.96. The standard InChI is InChI=1S/C17H28N2O2/c1-14(16-13-15(21-2)7-8-17(16)20)18-9-6-12-19-10-4-3-5-11-19/h7-8,13-14,18,20H,3-6,9-12H2,1-2H3. The number of nitrogens with zero attached hydrogens (tertiary/aromatic N) is 1. The molecule has 0 spiro atoms. The molecule has 21 heavy (non-hydrogen) atoms. The van der Waals surface area contributed by atoms with Crippen molar-refractivity contribution in [1.82, 2.24) is 10.2 Å². The highest BCUT2D eigenvalue weighted by molar-refractivity contribution is 5.41. The molecule has 0 aromatic heterocycles. The summed E-state index contributed by atoms with van der Waals surface area (Å²) < 4.78 is 5.22. The summed E-state index contributed by atoms with van der Waals surface area (Å²) in [4.78, 5) is 2.55. The fourth-order valence-corrected chi connectivity index (χ4v) is 2.92. The molecule has 1 saturated heterocycles. The molecule has 0 saturated carbocycles. The minimum atomic E-state index is 0.126. The van der Waals surface area contributed by atoms with E-state index in [4.69, 9.17) is 4.74 Å². The summed E-state index contributed by atoms with van der Waals surface area (Å²) in [6, 6.07) is 5.50. The molecule has 1 fully saturated rings. The van der Waals surface area contributed by atoms with E-state index in [0.29, 0.717) is 5.75 Å². The smallest absolute Gasteiger partial charge is 0.120 e. The van der Waals surface area contributed by atoms with Crippen molar-refractivity contribution in [2.75, 3.05) is 33.3 Å². The van der Waals surface area contributed by atoms with E-state index in [1.165, 1.54) is 38.9 Å². The highest BCUT2D eigenvalue weighted by atomic mass is 16.5. The summed E-state index contributed by atoms with van der Waals surface area (Å²) in [5, 5.41) is 13.4. The van der Waals surface area contributed by atoms with Crippen molar-refractivity contribution in [1.29, 1.82) is 0 Å². The van der Waals surface area contributed by atoms with Crippen LogP contribution in [0.3, 0.4) is 0 Å².